The van der Waals surface area contributed by atoms with Gasteiger partial charge < -0.3 is 20.4 Å². The van der Waals surface area contributed by atoms with E-state index >= 15 is 0 Å². The van der Waals surface area contributed by atoms with Crippen molar-refractivity contribution in [1.82, 2.24) is 15.6 Å². The molecule has 2 aromatic rings. The molecule has 0 aliphatic carbocycles. The van der Waals surface area contributed by atoms with Gasteiger partial charge in [0, 0.05) is 25.6 Å². The third-order valence-electron chi connectivity index (χ3n) is 3.77. The first-order valence-electron chi connectivity index (χ1n) is 6.72. The quantitative estimate of drug-likeness (QED) is 0.753. The van der Waals surface area contributed by atoms with E-state index in [1.165, 1.54) is 12.1 Å². The number of methoxy groups -OCH3 is 1. The number of amides is 1. The maximum atomic E-state index is 13.8. The van der Waals surface area contributed by atoms with Crippen LogP contribution in [0, 0.1) is 11.6 Å². The monoisotopic (exact) mass is 329 g/mol. The summed E-state index contributed by atoms with van der Waals surface area (Å²) in [5, 5.41) is 5.91. The molecule has 1 aliphatic heterocycles. The Morgan fingerprint density at radius 1 is 1.36 bits per heavy atom. The molecule has 1 fully saturated rings. The molecule has 22 heavy (non-hydrogen) atoms. The van der Waals surface area contributed by atoms with E-state index in [-0.39, 0.29) is 28.4 Å². The highest BCUT2D eigenvalue weighted by Crippen LogP contribution is 2.27. The summed E-state index contributed by atoms with van der Waals surface area (Å²) in [6, 6.07) is 2.52. The SMILES string of the molecule is CO[C@@H]1CNC[C@H]1NC(=O)c1cc2cc(Cl)c(F)c(F)c2[nH]1. The number of fused-ring (bicyclic) bond motifs is 1. The van der Waals surface area contributed by atoms with Gasteiger partial charge >= 0.3 is 0 Å². The van der Waals surface area contributed by atoms with Gasteiger partial charge in [0.25, 0.3) is 5.91 Å². The molecule has 0 unspecified atom stereocenters. The van der Waals surface area contributed by atoms with Gasteiger partial charge in [-0.3, -0.25) is 4.79 Å². The second-order valence-corrected chi connectivity index (χ2v) is 5.55. The van der Waals surface area contributed by atoms with E-state index in [0.29, 0.717) is 18.5 Å². The first-order valence-corrected chi connectivity index (χ1v) is 7.09. The molecule has 118 valence electrons. The molecule has 2 heterocycles. The Labute approximate surface area is 130 Å². The zero-order valence-corrected chi connectivity index (χ0v) is 12.4. The lowest BCUT2D eigenvalue weighted by atomic mass is 10.2. The highest BCUT2D eigenvalue weighted by molar-refractivity contribution is 6.31. The lowest BCUT2D eigenvalue weighted by Crippen LogP contribution is -2.43. The zero-order chi connectivity index (χ0) is 15.9. The van der Waals surface area contributed by atoms with Crippen molar-refractivity contribution in [2.24, 2.45) is 0 Å². The Morgan fingerprint density at radius 2 is 2.14 bits per heavy atom. The van der Waals surface area contributed by atoms with Crippen LogP contribution in [0.15, 0.2) is 12.1 Å². The second-order valence-electron chi connectivity index (χ2n) is 5.15. The average molecular weight is 330 g/mol. The topological polar surface area (TPSA) is 66.2 Å². The van der Waals surface area contributed by atoms with Crippen LogP contribution in [0.2, 0.25) is 5.02 Å². The van der Waals surface area contributed by atoms with Crippen molar-refractivity contribution in [3.63, 3.8) is 0 Å². The van der Waals surface area contributed by atoms with Gasteiger partial charge in [0.2, 0.25) is 0 Å². The van der Waals surface area contributed by atoms with E-state index in [0.717, 1.165) is 0 Å². The first kappa shape index (κ1) is 15.2. The van der Waals surface area contributed by atoms with Crippen LogP contribution in [0.4, 0.5) is 8.78 Å². The molecule has 8 heteroatoms. The largest absolute Gasteiger partial charge is 0.378 e. The van der Waals surface area contributed by atoms with Gasteiger partial charge in [0.1, 0.15) is 5.69 Å². The normalized spacial score (nSPS) is 21.5. The number of ether oxygens (including phenoxy) is 1. The highest BCUT2D eigenvalue weighted by Gasteiger charge is 2.29. The van der Waals surface area contributed by atoms with Gasteiger partial charge in [-0.05, 0) is 12.1 Å². The third kappa shape index (κ3) is 2.55. The molecule has 1 saturated heterocycles. The summed E-state index contributed by atoms with van der Waals surface area (Å²) in [5.41, 5.74) is 0.0530. The maximum absolute atomic E-state index is 13.8. The Balaban J connectivity index is 1.87. The summed E-state index contributed by atoms with van der Waals surface area (Å²) in [7, 11) is 1.57. The molecule has 0 spiro atoms. The molecule has 0 bridgehead atoms. The summed E-state index contributed by atoms with van der Waals surface area (Å²) < 4.78 is 32.5. The summed E-state index contributed by atoms with van der Waals surface area (Å²) >= 11 is 5.60. The molecule has 5 nitrogen and oxygen atoms in total. The van der Waals surface area contributed by atoms with Crippen LogP contribution in [-0.2, 0) is 4.74 Å². The van der Waals surface area contributed by atoms with E-state index < -0.39 is 17.5 Å². The number of rotatable bonds is 3. The summed E-state index contributed by atoms with van der Waals surface area (Å²) in [5.74, 6) is -2.65. The molecule has 1 aliphatic rings. The fourth-order valence-electron chi connectivity index (χ4n) is 2.60. The molecule has 0 saturated carbocycles. The smallest absolute Gasteiger partial charge is 0.268 e. The van der Waals surface area contributed by atoms with Crippen LogP contribution in [0.1, 0.15) is 10.5 Å². The van der Waals surface area contributed by atoms with Crippen LogP contribution in [0.3, 0.4) is 0 Å². The van der Waals surface area contributed by atoms with E-state index in [1.54, 1.807) is 7.11 Å². The second kappa shape index (κ2) is 5.83. The number of hydrogen-bond acceptors (Lipinski definition) is 3. The maximum Gasteiger partial charge on any atom is 0.268 e. The number of halogens is 3. The summed E-state index contributed by atoms with van der Waals surface area (Å²) in [6.07, 6.45) is -0.128. The van der Waals surface area contributed by atoms with Gasteiger partial charge in [0.15, 0.2) is 11.6 Å². The number of H-pyrrole nitrogens is 1. The van der Waals surface area contributed by atoms with E-state index in [2.05, 4.69) is 15.6 Å². The molecule has 1 aromatic carbocycles. The van der Waals surface area contributed by atoms with E-state index in [9.17, 15) is 13.6 Å². The molecule has 1 amide bonds. The predicted octanol–water partition coefficient (Wildman–Crippen LogP) is 1.82. The van der Waals surface area contributed by atoms with Gasteiger partial charge in [-0.15, -0.1) is 0 Å². The molecule has 3 N–H and O–H groups in total. The fraction of sp³-hybridized carbons (Fsp3) is 0.357. The number of carbonyl (C=O) groups is 1. The molecule has 3 rings (SSSR count). The lowest BCUT2D eigenvalue weighted by molar-refractivity contribution is 0.0777. The van der Waals surface area contributed by atoms with Crippen LogP contribution in [0.25, 0.3) is 10.9 Å². The van der Waals surface area contributed by atoms with Crippen LogP contribution >= 0.6 is 11.6 Å². The first-order chi connectivity index (χ1) is 10.5. The van der Waals surface area contributed by atoms with Crippen molar-refractivity contribution in [2.45, 2.75) is 12.1 Å². The average Bonchev–Trinajstić information content (AvgIpc) is 3.11. The number of benzene rings is 1. The summed E-state index contributed by atoms with van der Waals surface area (Å²) in [4.78, 5) is 14.8. The van der Waals surface area contributed by atoms with Crippen molar-refractivity contribution in [3.8, 4) is 0 Å². The zero-order valence-electron chi connectivity index (χ0n) is 11.7. The van der Waals surface area contributed by atoms with E-state index in [4.69, 9.17) is 16.3 Å². The number of nitrogens with one attached hydrogen (secondary N) is 3. The van der Waals surface area contributed by atoms with Gasteiger partial charge in [-0.25, -0.2) is 8.78 Å². The summed E-state index contributed by atoms with van der Waals surface area (Å²) in [6.45, 7) is 1.23. The minimum Gasteiger partial charge on any atom is -0.378 e. The minimum atomic E-state index is -1.14. The van der Waals surface area contributed by atoms with Gasteiger partial charge in [0.05, 0.1) is 22.7 Å². The minimum absolute atomic E-state index is 0.0834. The fourth-order valence-corrected chi connectivity index (χ4v) is 2.80. The van der Waals surface area contributed by atoms with Crippen molar-refractivity contribution in [2.75, 3.05) is 20.2 Å². The van der Waals surface area contributed by atoms with Crippen molar-refractivity contribution in [3.05, 3.63) is 34.5 Å². The Bertz CT molecular complexity index is 734. The van der Waals surface area contributed by atoms with E-state index in [1.807, 2.05) is 0 Å². The van der Waals surface area contributed by atoms with Gasteiger partial charge in [-0.2, -0.15) is 0 Å². The standard InChI is InChI=1S/C14H14ClF2N3O2/c1-22-10-5-18-4-9(10)20-14(21)8-3-6-2-7(15)11(16)12(17)13(6)19-8/h2-3,9-10,18-19H,4-5H2,1H3,(H,20,21)/t9-,10-/m1/s1. The van der Waals surface area contributed by atoms with Gasteiger partial charge in [-0.1, -0.05) is 11.6 Å². The Kier molecular flexibility index (Phi) is 4.03. The Hall–Kier alpha value is -1.70. The number of aromatic nitrogens is 1. The van der Waals surface area contributed by atoms with Crippen molar-refractivity contribution < 1.29 is 18.3 Å². The highest BCUT2D eigenvalue weighted by atomic mass is 35.5. The van der Waals surface area contributed by atoms with Crippen LogP contribution < -0.4 is 10.6 Å². The number of aromatic amines is 1. The third-order valence-corrected chi connectivity index (χ3v) is 4.05. The Morgan fingerprint density at radius 3 is 2.86 bits per heavy atom. The molecule has 1 aromatic heterocycles. The molecular weight excluding hydrogens is 316 g/mol. The van der Waals surface area contributed by atoms with Crippen LogP contribution in [-0.4, -0.2) is 43.2 Å². The van der Waals surface area contributed by atoms with Crippen molar-refractivity contribution >= 4 is 28.4 Å². The van der Waals surface area contributed by atoms with Crippen molar-refractivity contribution in [1.29, 1.82) is 0 Å². The predicted molar refractivity (Wildman–Crippen MR) is 78.1 cm³/mol. The number of carbonyl (C=O) groups excluding carboxylic acids is 1. The van der Waals surface area contributed by atoms with Crippen LogP contribution in [0.5, 0.6) is 0 Å². The molecule has 2 atom stereocenters. The number of hydrogen-bond donors (Lipinski definition) is 3. The molecular formula is C14H14ClF2N3O2. The lowest BCUT2D eigenvalue weighted by Gasteiger charge is -2.17. The molecule has 0 radical (unpaired) electrons.